The number of hydrogen-bond acceptors (Lipinski definition) is 3. The standard InChI is InChI=1S/C17H28BrN3/c1-5-19-13-14-6-7-15(12-16(14)18)20-8-10-21(11-9-20)17(2,3)4/h6-7,12,19H,5,8-11,13H2,1-4H3. The maximum Gasteiger partial charge on any atom is 0.0378 e. The second kappa shape index (κ2) is 7.12. The van der Waals surface area contributed by atoms with Gasteiger partial charge in [0, 0.05) is 48.4 Å². The minimum atomic E-state index is 0.280. The molecular formula is C17H28BrN3. The molecule has 0 bridgehead atoms. The van der Waals surface area contributed by atoms with Crippen LogP contribution in [0.3, 0.4) is 0 Å². The van der Waals surface area contributed by atoms with E-state index in [9.17, 15) is 0 Å². The number of hydrogen-bond donors (Lipinski definition) is 1. The van der Waals surface area contributed by atoms with Crippen molar-refractivity contribution in [3.8, 4) is 0 Å². The summed E-state index contributed by atoms with van der Waals surface area (Å²) in [6.07, 6.45) is 0. The van der Waals surface area contributed by atoms with Gasteiger partial charge >= 0.3 is 0 Å². The van der Waals surface area contributed by atoms with Gasteiger partial charge in [0.25, 0.3) is 0 Å². The van der Waals surface area contributed by atoms with Crippen LogP contribution in [0.15, 0.2) is 22.7 Å². The monoisotopic (exact) mass is 353 g/mol. The average molecular weight is 354 g/mol. The van der Waals surface area contributed by atoms with Crippen LogP contribution in [0.4, 0.5) is 5.69 Å². The maximum atomic E-state index is 3.71. The SMILES string of the molecule is CCNCc1ccc(N2CCN(C(C)(C)C)CC2)cc1Br. The van der Waals surface area contributed by atoms with E-state index in [4.69, 9.17) is 0 Å². The average Bonchev–Trinajstić information content (AvgIpc) is 2.45. The Hall–Kier alpha value is -0.580. The van der Waals surface area contributed by atoms with E-state index in [0.717, 1.165) is 39.3 Å². The van der Waals surface area contributed by atoms with Gasteiger partial charge in [-0.3, -0.25) is 4.90 Å². The molecule has 1 aromatic rings. The summed E-state index contributed by atoms with van der Waals surface area (Å²) in [7, 11) is 0. The van der Waals surface area contributed by atoms with Crippen LogP contribution in [0, 0.1) is 0 Å². The first-order valence-corrected chi connectivity index (χ1v) is 8.70. The van der Waals surface area contributed by atoms with Crippen LogP contribution >= 0.6 is 15.9 Å². The van der Waals surface area contributed by atoms with E-state index in [2.05, 4.69) is 76.9 Å². The molecule has 0 spiro atoms. The summed E-state index contributed by atoms with van der Waals surface area (Å²) in [5, 5.41) is 3.38. The molecule has 1 saturated heterocycles. The Morgan fingerprint density at radius 1 is 1.14 bits per heavy atom. The zero-order valence-corrected chi connectivity index (χ0v) is 15.3. The normalized spacial score (nSPS) is 17.3. The zero-order valence-electron chi connectivity index (χ0n) is 13.7. The van der Waals surface area contributed by atoms with Crippen molar-refractivity contribution in [2.24, 2.45) is 0 Å². The van der Waals surface area contributed by atoms with E-state index in [1.165, 1.54) is 15.7 Å². The van der Waals surface area contributed by atoms with Crippen molar-refractivity contribution >= 4 is 21.6 Å². The quantitative estimate of drug-likeness (QED) is 0.893. The Labute approximate surface area is 137 Å². The topological polar surface area (TPSA) is 18.5 Å². The van der Waals surface area contributed by atoms with Crippen molar-refractivity contribution in [3.05, 3.63) is 28.2 Å². The third-order valence-electron chi connectivity index (χ3n) is 4.20. The number of nitrogens with one attached hydrogen (secondary N) is 1. The van der Waals surface area contributed by atoms with Gasteiger partial charge in [-0.05, 0) is 45.0 Å². The van der Waals surface area contributed by atoms with Crippen LogP contribution < -0.4 is 10.2 Å². The van der Waals surface area contributed by atoms with Gasteiger partial charge in [0.1, 0.15) is 0 Å². The first-order valence-electron chi connectivity index (χ1n) is 7.91. The minimum Gasteiger partial charge on any atom is -0.369 e. The molecule has 1 aromatic carbocycles. The highest BCUT2D eigenvalue weighted by Gasteiger charge is 2.25. The zero-order chi connectivity index (χ0) is 15.5. The molecule has 0 radical (unpaired) electrons. The van der Waals surface area contributed by atoms with Gasteiger partial charge in [-0.15, -0.1) is 0 Å². The third kappa shape index (κ3) is 4.44. The fraction of sp³-hybridized carbons (Fsp3) is 0.647. The Kier molecular flexibility index (Phi) is 5.69. The molecular weight excluding hydrogens is 326 g/mol. The summed E-state index contributed by atoms with van der Waals surface area (Å²) < 4.78 is 1.21. The Bertz CT molecular complexity index is 460. The number of rotatable bonds is 4. The number of piperazine rings is 1. The minimum absolute atomic E-state index is 0.280. The van der Waals surface area contributed by atoms with E-state index in [-0.39, 0.29) is 5.54 Å². The molecule has 2 rings (SSSR count). The third-order valence-corrected chi connectivity index (χ3v) is 4.93. The van der Waals surface area contributed by atoms with Crippen LogP contribution in [0.1, 0.15) is 33.3 Å². The molecule has 1 N–H and O–H groups in total. The van der Waals surface area contributed by atoms with Gasteiger partial charge in [0.05, 0.1) is 0 Å². The summed E-state index contributed by atoms with van der Waals surface area (Å²) in [5.74, 6) is 0. The molecule has 1 aliphatic rings. The van der Waals surface area contributed by atoms with Gasteiger partial charge < -0.3 is 10.2 Å². The van der Waals surface area contributed by atoms with E-state index in [1.807, 2.05) is 0 Å². The van der Waals surface area contributed by atoms with Crippen LogP contribution in [0.2, 0.25) is 0 Å². The molecule has 4 heteroatoms. The molecule has 0 atom stereocenters. The molecule has 21 heavy (non-hydrogen) atoms. The van der Waals surface area contributed by atoms with Gasteiger partial charge in [-0.25, -0.2) is 0 Å². The smallest absolute Gasteiger partial charge is 0.0378 e. The molecule has 3 nitrogen and oxygen atoms in total. The fourth-order valence-electron chi connectivity index (χ4n) is 2.77. The predicted molar refractivity (Wildman–Crippen MR) is 95.1 cm³/mol. The predicted octanol–water partition coefficient (Wildman–Crippen LogP) is 3.48. The lowest BCUT2D eigenvalue weighted by atomic mass is 10.0. The lowest BCUT2D eigenvalue weighted by Crippen LogP contribution is -2.53. The van der Waals surface area contributed by atoms with E-state index >= 15 is 0 Å². The Balaban J connectivity index is 1.99. The molecule has 0 saturated carbocycles. The summed E-state index contributed by atoms with van der Waals surface area (Å²) in [5.41, 5.74) is 2.94. The molecule has 0 aromatic heterocycles. The molecule has 118 valence electrons. The Morgan fingerprint density at radius 3 is 2.33 bits per heavy atom. The molecule has 0 amide bonds. The van der Waals surface area contributed by atoms with Crippen LogP contribution in [-0.4, -0.2) is 43.2 Å². The van der Waals surface area contributed by atoms with Crippen LogP contribution in [0.25, 0.3) is 0 Å². The second-order valence-corrected chi connectivity index (χ2v) is 7.56. The van der Waals surface area contributed by atoms with Crippen molar-refractivity contribution in [3.63, 3.8) is 0 Å². The van der Waals surface area contributed by atoms with E-state index in [0.29, 0.717) is 0 Å². The highest BCUT2D eigenvalue weighted by Crippen LogP contribution is 2.26. The summed E-state index contributed by atoms with van der Waals surface area (Å²) >= 11 is 3.71. The largest absolute Gasteiger partial charge is 0.369 e. The number of anilines is 1. The van der Waals surface area contributed by atoms with Gasteiger partial charge in [-0.2, -0.15) is 0 Å². The van der Waals surface area contributed by atoms with Crippen molar-refractivity contribution in [1.29, 1.82) is 0 Å². The van der Waals surface area contributed by atoms with Crippen molar-refractivity contribution in [1.82, 2.24) is 10.2 Å². The highest BCUT2D eigenvalue weighted by molar-refractivity contribution is 9.10. The first-order chi connectivity index (χ1) is 9.91. The van der Waals surface area contributed by atoms with E-state index in [1.54, 1.807) is 0 Å². The van der Waals surface area contributed by atoms with Gasteiger partial charge in [-0.1, -0.05) is 28.9 Å². The number of benzene rings is 1. The van der Waals surface area contributed by atoms with E-state index < -0.39 is 0 Å². The molecule has 1 heterocycles. The summed E-state index contributed by atoms with van der Waals surface area (Å²) in [6, 6.07) is 6.75. The highest BCUT2D eigenvalue weighted by atomic mass is 79.9. The van der Waals surface area contributed by atoms with Gasteiger partial charge in [0.15, 0.2) is 0 Å². The molecule has 1 aliphatic heterocycles. The number of halogens is 1. The molecule has 0 aliphatic carbocycles. The summed E-state index contributed by atoms with van der Waals surface area (Å²) in [6.45, 7) is 15.5. The fourth-order valence-corrected chi connectivity index (χ4v) is 3.28. The van der Waals surface area contributed by atoms with Crippen molar-refractivity contribution in [2.45, 2.75) is 39.8 Å². The van der Waals surface area contributed by atoms with Crippen LogP contribution in [-0.2, 0) is 6.54 Å². The van der Waals surface area contributed by atoms with Crippen molar-refractivity contribution in [2.75, 3.05) is 37.6 Å². The van der Waals surface area contributed by atoms with Crippen molar-refractivity contribution < 1.29 is 0 Å². The van der Waals surface area contributed by atoms with Gasteiger partial charge in [0.2, 0.25) is 0 Å². The number of nitrogens with zero attached hydrogens (tertiary/aromatic N) is 2. The molecule has 1 fully saturated rings. The maximum absolute atomic E-state index is 3.71. The van der Waals surface area contributed by atoms with Crippen LogP contribution in [0.5, 0.6) is 0 Å². The lowest BCUT2D eigenvalue weighted by Gasteiger charge is -2.43. The Morgan fingerprint density at radius 2 is 1.81 bits per heavy atom. The molecule has 0 unspecified atom stereocenters. The lowest BCUT2D eigenvalue weighted by molar-refractivity contribution is 0.128. The second-order valence-electron chi connectivity index (χ2n) is 6.70. The first kappa shape index (κ1) is 16.8. The summed E-state index contributed by atoms with van der Waals surface area (Å²) in [4.78, 5) is 5.06.